The molecule has 0 aromatic carbocycles. The lowest BCUT2D eigenvalue weighted by atomic mass is 10.0. The van der Waals surface area contributed by atoms with Crippen LogP contribution in [0.2, 0.25) is 0 Å². The molecule has 0 bridgehead atoms. The summed E-state index contributed by atoms with van der Waals surface area (Å²) in [5.74, 6) is 0.500. The summed E-state index contributed by atoms with van der Waals surface area (Å²) in [5.41, 5.74) is -0.0753. The molecule has 7 heteroatoms. The fourth-order valence-corrected chi connectivity index (χ4v) is 2.64. The SMILES string of the molecule is CN(C)C(=O)N(C)C1CCN(c2nccn(C)c2=O)CC1. The van der Waals surface area contributed by atoms with Crippen LogP contribution in [0.5, 0.6) is 0 Å². The molecular formula is C14H23N5O2. The first-order valence-electron chi connectivity index (χ1n) is 7.12. The third-order valence-electron chi connectivity index (χ3n) is 3.99. The molecule has 2 rings (SSSR count). The number of hydrogen-bond donors (Lipinski definition) is 0. The van der Waals surface area contributed by atoms with Crippen molar-refractivity contribution in [3.8, 4) is 0 Å². The Morgan fingerprint density at radius 2 is 1.90 bits per heavy atom. The molecule has 0 radical (unpaired) electrons. The van der Waals surface area contributed by atoms with E-state index in [2.05, 4.69) is 4.98 Å². The second-order valence-electron chi connectivity index (χ2n) is 5.67. The lowest BCUT2D eigenvalue weighted by Crippen LogP contribution is -2.49. The first kappa shape index (κ1) is 15.3. The van der Waals surface area contributed by atoms with Gasteiger partial charge in [0, 0.05) is 59.7 Å². The van der Waals surface area contributed by atoms with Crippen molar-refractivity contribution in [3.05, 3.63) is 22.7 Å². The zero-order valence-corrected chi connectivity index (χ0v) is 13.1. The van der Waals surface area contributed by atoms with Crippen LogP contribution < -0.4 is 10.5 Å². The van der Waals surface area contributed by atoms with Crippen LogP contribution in [0.1, 0.15) is 12.8 Å². The van der Waals surface area contributed by atoms with E-state index in [9.17, 15) is 9.59 Å². The van der Waals surface area contributed by atoms with E-state index in [1.54, 1.807) is 43.3 Å². The molecular weight excluding hydrogens is 270 g/mol. The van der Waals surface area contributed by atoms with Crippen LogP contribution in [0.25, 0.3) is 0 Å². The molecule has 1 aromatic heterocycles. The van der Waals surface area contributed by atoms with Crippen molar-refractivity contribution in [2.45, 2.75) is 18.9 Å². The summed E-state index contributed by atoms with van der Waals surface area (Å²) in [6.45, 7) is 1.48. The van der Waals surface area contributed by atoms with Gasteiger partial charge in [-0.25, -0.2) is 9.78 Å². The molecule has 116 valence electrons. The molecule has 1 saturated heterocycles. The number of anilines is 1. The zero-order valence-electron chi connectivity index (χ0n) is 13.1. The van der Waals surface area contributed by atoms with Crippen LogP contribution in [0, 0.1) is 0 Å². The van der Waals surface area contributed by atoms with Crippen LogP contribution in [0.15, 0.2) is 17.2 Å². The Kier molecular flexibility index (Phi) is 4.50. The van der Waals surface area contributed by atoms with Gasteiger partial charge in [-0.1, -0.05) is 0 Å². The molecule has 2 amide bonds. The van der Waals surface area contributed by atoms with Crippen molar-refractivity contribution in [3.63, 3.8) is 0 Å². The van der Waals surface area contributed by atoms with Crippen LogP contribution >= 0.6 is 0 Å². The molecule has 1 aromatic rings. The summed E-state index contributed by atoms with van der Waals surface area (Å²) in [7, 11) is 7.07. The Labute approximate surface area is 124 Å². The second kappa shape index (κ2) is 6.15. The Morgan fingerprint density at radius 3 is 2.48 bits per heavy atom. The predicted octanol–water partition coefficient (Wildman–Crippen LogP) is 0.362. The fraction of sp³-hybridized carbons (Fsp3) is 0.643. The average molecular weight is 293 g/mol. The van der Waals surface area contributed by atoms with E-state index in [4.69, 9.17) is 0 Å². The number of aryl methyl sites for hydroxylation is 1. The lowest BCUT2D eigenvalue weighted by Gasteiger charge is -2.37. The van der Waals surface area contributed by atoms with E-state index in [-0.39, 0.29) is 17.6 Å². The van der Waals surface area contributed by atoms with Crippen molar-refractivity contribution < 1.29 is 4.79 Å². The highest BCUT2D eigenvalue weighted by Gasteiger charge is 2.27. The number of aromatic nitrogens is 2. The van der Waals surface area contributed by atoms with E-state index in [0.717, 1.165) is 25.9 Å². The van der Waals surface area contributed by atoms with Gasteiger partial charge in [-0.15, -0.1) is 0 Å². The van der Waals surface area contributed by atoms with Crippen LogP contribution in [0.4, 0.5) is 10.6 Å². The van der Waals surface area contributed by atoms with Gasteiger partial charge in [0.25, 0.3) is 5.56 Å². The standard InChI is InChI=1S/C14H23N5O2/c1-16(2)14(21)18(4)11-5-8-19(9-6-11)12-13(20)17(3)10-7-15-12/h7,10-11H,5-6,8-9H2,1-4H3. The van der Waals surface area contributed by atoms with Gasteiger partial charge in [0.1, 0.15) is 0 Å². The quantitative estimate of drug-likeness (QED) is 0.790. The number of hydrogen-bond acceptors (Lipinski definition) is 4. The Bertz CT molecular complexity index is 561. The highest BCUT2D eigenvalue weighted by atomic mass is 16.2. The molecule has 21 heavy (non-hydrogen) atoms. The van der Waals surface area contributed by atoms with Crippen LogP contribution in [-0.4, -0.2) is 65.7 Å². The zero-order chi connectivity index (χ0) is 15.6. The minimum atomic E-state index is -0.0753. The summed E-state index contributed by atoms with van der Waals surface area (Å²) in [6.07, 6.45) is 4.98. The third kappa shape index (κ3) is 3.17. The summed E-state index contributed by atoms with van der Waals surface area (Å²) in [4.78, 5) is 33.6. The number of carbonyl (C=O) groups excluding carboxylic acids is 1. The number of urea groups is 1. The van der Waals surface area contributed by atoms with E-state index in [0.29, 0.717) is 5.82 Å². The van der Waals surface area contributed by atoms with E-state index in [1.165, 1.54) is 4.57 Å². The van der Waals surface area contributed by atoms with Gasteiger partial charge >= 0.3 is 6.03 Å². The molecule has 2 heterocycles. The number of nitrogens with zero attached hydrogens (tertiary/aromatic N) is 5. The molecule has 1 fully saturated rings. The first-order valence-corrected chi connectivity index (χ1v) is 7.12. The summed E-state index contributed by atoms with van der Waals surface area (Å²) < 4.78 is 1.54. The Morgan fingerprint density at radius 1 is 1.29 bits per heavy atom. The molecule has 7 nitrogen and oxygen atoms in total. The Balaban J connectivity index is 2.02. The number of carbonyl (C=O) groups is 1. The topological polar surface area (TPSA) is 61.7 Å². The molecule has 0 saturated carbocycles. The van der Waals surface area contributed by atoms with E-state index >= 15 is 0 Å². The minimum Gasteiger partial charge on any atom is -0.352 e. The summed E-state index contributed by atoms with van der Waals surface area (Å²) in [5, 5.41) is 0. The average Bonchev–Trinajstić information content (AvgIpc) is 2.48. The summed E-state index contributed by atoms with van der Waals surface area (Å²) >= 11 is 0. The second-order valence-corrected chi connectivity index (χ2v) is 5.67. The highest BCUT2D eigenvalue weighted by Crippen LogP contribution is 2.18. The molecule has 0 aliphatic carbocycles. The van der Waals surface area contributed by atoms with Gasteiger partial charge in [-0.2, -0.15) is 0 Å². The molecule has 0 unspecified atom stereocenters. The predicted molar refractivity (Wildman–Crippen MR) is 81.6 cm³/mol. The monoisotopic (exact) mass is 293 g/mol. The van der Waals surface area contributed by atoms with Gasteiger partial charge < -0.3 is 19.3 Å². The maximum absolute atomic E-state index is 12.1. The number of piperidine rings is 1. The fourth-order valence-electron chi connectivity index (χ4n) is 2.64. The molecule has 0 atom stereocenters. The number of amides is 2. The minimum absolute atomic E-state index is 0.0159. The van der Waals surface area contributed by atoms with Crippen molar-refractivity contribution >= 4 is 11.8 Å². The smallest absolute Gasteiger partial charge is 0.319 e. The number of rotatable bonds is 2. The van der Waals surface area contributed by atoms with Crippen LogP contribution in [0.3, 0.4) is 0 Å². The van der Waals surface area contributed by atoms with Gasteiger partial charge in [0.05, 0.1) is 0 Å². The first-order chi connectivity index (χ1) is 9.91. The lowest BCUT2D eigenvalue weighted by molar-refractivity contribution is 0.155. The molecule has 0 N–H and O–H groups in total. The van der Waals surface area contributed by atoms with Crippen molar-refractivity contribution in [1.82, 2.24) is 19.4 Å². The summed E-state index contributed by atoms with van der Waals surface area (Å²) in [6, 6.07) is 0.228. The van der Waals surface area contributed by atoms with E-state index < -0.39 is 0 Å². The van der Waals surface area contributed by atoms with Crippen LogP contribution in [-0.2, 0) is 7.05 Å². The molecule has 1 aliphatic heterocycles. The van der Waals surface area contributed by atoms with Gasteiger partial charge in [0.15, 0.2) is 5.82 Å². The van der Waals surface area contributed by atoms with Gasteiger partial charge in [-0.3, -0.25) is 4.79 Å². The maximum Gasteiger partial charge on any atom is 0.319 e. The van der Waals surface area contributed by atoms with E-state index in [1.807, 2.05) is 11.9 Å². The van der Waals surface area contributed by atoms with Crippen molar-refractivity contribution in [2.24, 2.45) is 7.05 Å². The van der Waals surface area contributed by atoms with Gasteiger partial charge in [0.2, 0.25) is 0 Å². The largest absolute Gasteiger partial charge is 0.352 e. The molecule has 1 aliphatic rings. The van der Waals surface area contributed by atoms with Gasteiger partial charge in [-0.05, 0) is 12.8 Å². The maximum atomic E-state index is 12.1. The van der Waals surface area contributed by atoms with Crippen molar-refractivity contribution in [2.75, 3.05) is 39.1 Å². The normalized spacial score (nSPS) is 15.9. The molecule has 0 spiro atoms. The Hall–Kier alpha value is -2.05. The van der Waals surface area contributed by atoms with Crippen molar-refractivity contribution in [1.29, 1.82) is 0 Å². The third-order valence-corrected chi connectivity index (χ3v) is 3.99. The highest BCUT2D eigenvalue weighted by molar-refractivity contribution is 5.73.